The molecular formula is C18H22N4O3S. The molecule has 2 aromatic rings. The number of carbonyl (C=O) groups is 1. The molecule has 1 aliphatic heterocycles. The van der Waals surface area contributed by atoms with Gasteiger partial charge in [0.05, 0.1) is 11.5 Å². The van der Waals surface area contributed by atoms with Gasteiger partial charge in [-0.25, -0.2) is 18.4 Å². The summed E-state index contributed by atoms with van der Waals surface area (Å²) in [5.41, 5.74) is 1.99. The maximum absolute atomic E-state index is 12.5. The van der Waals surface area contributed by atoms with Crippen molar-refractivity contribution in [2.24, 2.45) is 0 Å². The van der Waals surface area contributed by atoms with E-state index in [-0.39, 0.29) is 29.1 Å². The molecule has 1 fully saturated rings. The Labute approximate surface area is 153 Å². The van der Waals surface area contributed by atoms with Gasteiger partial charge in [-0.1, -0.05) is 12.1 Å². The van der Waals surface area contributed by atoms with Crippen molar-refractivity contribution in [3.05, 3.63) is 47.8 Å². The van der Waals surface area contributed by atoms with Crippen molar-refractivity contribution in [2.45, 2.75) is 26.3 Å². The van der Waals surface area contributed by atoms with Crippen LogP contribution < -0.4 is 10.2 Å². The molecule has 1 amide bonds. The van der Waals surface area contributed by atoms with Crippen molar-refractivity contribution in [1.29, 1.82) is 0 Å². The minimum Gasteiger partial charge on any atom is -0.337 e. The molecule has 1 aliphatic rings. The molecule has 26 heavy (non-hydrogen) atoms. The van der Waals surface area contributed by atoms with Gasteiger partial charge < -0.3 is 10.2 Å². The fourth-order valence-corrected chi connectivity index (χ4v) is 4.85. The second kappa shape index (κ2) is 7.41. The lowest BCUT2D eigenvalue weighted by atomic mass is 10.2. The highest BCUT2D eigenvalue weighted by Crippen LogP contribution is 2.21. The van der Waals surface area contributed by atoms with Crippen molar-refractivity contribution < 1.29 is 13.2 Å². The van der Waals surface area contributed by atoms with Gasteiger partial charge >= 0.3 is 0 Å². The summed E-state index contributed by atoms with van der Waals surface area (Å²) in [6, 6.07) is 8.91. The molecule has 1 aromatic heterocycles. The monoisotopic (exact) mass is 374 g/mol. The lowest BCUT2D eigenvalue weighted by Gasteiger charge is -2.26. The average molecular weight is 374 g/mol. The Kier molecular flexibility index (Phi) is 5.22. The number of nitrogens with zero attached hydrogens (tertiary/aromatic N) is 3. The van der Waals surface area contributed by atoms with Crippen LogP contribution in [0.15, 0.2) is 36.5 Å². The zero-order chi connectivity index (χ0) is 18.7. The second-order valence-corrected chi connectivity index (χ2v) is 8.64. The summed E-state index contributed by atoms with van der Waals surface area (Å²) in [4.78, 5) is 23.0. The highest BCUT2D eigenvalue weighted by Gasteiger charge is 2.33. The van der Waals surface area contributed by atoms with E-state index in [1.807, 2.05) is 43.0 Å². The standard InChI is InChI=1S/C18H22N4O3S/c1-3-22(15-8-10-26(24,25)12-15)18-19-9-7-16(21-18)17(23)20-14-6-4-5-13(2)11-14/h4-7,9,11,15H,3,8,10,12H2,1-2H3,(H,20,23). The highest BCUT2D eigenvalue weighted by molar-refractivity contribution is 7.91. The van der Waals surface area contributed by atoms with E-state index < -0.39 is 9.84 Å². The van der Waals surface area contributed by atoms with Crippen molar-refractivity contribution >= 4 is 27.4 Å². The third-order valence-corrected chi connectivity index (χ3v) is 6.15. The van der Waals surface area contributed by atoms with Gasteiger partial charge in [0.2, 0.25) is 5.95 Å². The normalized spacial score (nSPS) is 18.5. The van der Waals surface area contributed by atoms with Gasteiger partial charge in [-0.05, 0) is 44.0 Å². The SMILES string of the molecule is CCN(c1nccc(C(=O)Nc2cccc(C)c2)n1)C1CCS(=O)(=O)C1. The Morgan fingerprint density at radius 2 is 2.15 bits per heavy atom. The van der Waals surface area contributed by atoms with Gasteiger partial charge in [-0.2, -0.15) is 0 Å². The fourth-order valence-electron chi connectivity index (χ4n) is 3.12. The van der Waals surface area contributed by atoms with Crippen LogP contribution in [0, 0.1) is 6.92 Å². The molecule has 1 saturated heterocycles. The van der Waals surface area contributed by atoms with Crippen LogP contribution in [0.2, 0.25) is 0 Å². The first kappa shape index (κ1) is 18.3. The summed E-state index contributed by atoms with van der Waals surface area (Å²) in [6.45, 7) is 4.45. The molecule has 1 atom stereocenters. The number of carbonyl (C=O) groups excluding carboxylic acids is 1. The summed E-state index contributed by atoms with van der Waals surface area (Å²) < 4.78 is 23.5. The van der Waals surface area contributed by atoms with Crippen LogP contribution in [-0.2, 0) is 9.84 Å². The lowest BCUT2D eigenvalue weighted by Crippen LogP contribution is -2.37. The number of rotatable bonds is 5. The molecule has 0 spiro atoms. The summed E-state index contributed by atoms with van der Waals surface area (Å²) in [7, 11) is -3.01. The fraction of sp³-hybridized carbons (Fsp3) is 0.389. The summed E-state index contributed by atoms with van der Waals surface area (Å²) in [5, 5.41) is 2.82. The number of benzene rings is 1. The Morgan fingerprint density at radius 3 is 2.81 bits per heavy atom. The largest absolute Gasteiger partial charge is 0.337 e. The number of aromatic nitrogens is 2. The van der Waals surface area contributed by atoms with Crippen molar-refractivity contribution in [1.82, 2.24) is 9.97 Å². The second-order valence-electron chi connectivity index (χ2n) is 6.41. The number of aryl methyl sites for hydroxylation is 1. The summed E-state index contributed by atoms with van der Waals surface area (Å²) >= 11 is 0. The number of sulfone groups is 1. The molecule has 8 heteroatoms. The van der Waals surface area contributed by atoms with E-state index >= 15 is 0 Å². The predicted molar refractivity (Wildman–Crippen MR) is 101 cm³/mol. The Balaban J connectivity index is 1.79. The minimum absolute atomic E-state index is 0.101. The minimum atomic E-state index is -3.01. The summed E-state index contributed by atoms with van der Waals surface area (Å²) in [6.07, 6.45) is 2.08. The van der Waals surface area contributed by atoms with Crippen LogP contribution in [0.4, 0.5) is 11.6 Å². The number of anilines is 2. The van der Waals surface area contributed by atoms with Crippen molar-refractivity contribution in [3.63, 3.8) is 0 Å². The first-order chi connectivity index (χ1) is 12.4. The highest BCUT2D eigenvalue weighted by atomic mass is 32.2. The Bertz CT molecular complexity index is 914. The van der Waals surface area contributed by atoms with Crippen LogP contribution in [0.3, 0.4) is 0 Å². The molecular weight excluding hydrogens is 352 g/mol. The number of hydrogen-bond donors (Lipinski definition) is 1. The van der Waals surface area contributed by atoms with E-state index in [0.717, 1.165) is 5.56 Å². The smallest absolute Gasteiger partial charge is 0.274 e. The zero-order valence-corrected chi connectivity index (χ0v) is 15.7. The molecule has 2 heterocycles. The first-order valence-corrected chi connectivity index (χ1v) is 10.4. The molecule has 1 N–H and O–H groups in total. The van der Waals surface area contributed by atoms with Crippen LogP contribution in [0.25, 0.3) is 0 Å². The van der Waals surface area contributed by atoms with Gasteiger partial charge in [0.25, 0.3) is 5.91 Å². The van der Waals surface area contributed by atoms with E-state index in [4.69, 9.17) is 0 Å². The quantitative estimate of drug-likeness (QED) is 0.861. The van der Waals surface area contributed by atoms with E-state index in [2.05, 4.69) is 15.3 Å². The maximum atomic E-state index is 12.5. The van der Waals surface area contributed by atoms with E-state index in [1.54, 1.807) is 6.07 Å². The third kappa shape index (κ3) is 4.19. The molecule has 1 unspecified atom stereocenters. The zero-order valence-electron chi connectivity index (χ0n) is 14.8. The van der Waals surface area contributed by atoms with Crippen molar-refractivity contribution in [3.8, 4) is 0 Å². The lowest BCUT2D eigenvalue weighted by molar-refractivity contribution is 0.102. The molecule has 7 nitrogen and oxygen atoms in total. The van der Waals surface area contributed by atoms with Gasteiger partial charge in [0.1, 0.15) is 5.69 Å². The molecule has 3 rings (SSSR count). The van der Waals surface area contributed by atoms with Gasteiger partial charge in [-0.15, -0.1) is 0 Å². The first-order valence-electron chi connectivity index (χ1n) is 8.56. The number of nitrogens with one attached hydrogen (secondary N) is 1. The van der Waals surface area contributed by atoms with Gasteiger partial charge in [-0.3, -0.25) is 4.79 Å². The molecule has 0 bridgehead atoms. The average Bonchev–Trinajstić information content (AvgIpc) is 2.95. The molecule has 0 aliphatic carbocycles. The predicted octanol–water partition coefficient (Wildman–Crippen LogP) is 2.05. The molecule has 0 radical (unpaired) electrons. The maximum Gasteiger partial charge on any atom is 0.274 e. The molecule has 0 saturated carbocycles. The molecule has 1 aromatic carbocycles. The topological polar surface area (TPSA) is 92.3 Å². The van der Waals surface area contributed by atoms with Crippen LogP contribution in [-0.4, -0.2) is 48.4 Å². The Morgan fingerprint density at radius 1 is 1.35 bits per heavy atom. The number of hydrogen-bond acceptors (Lipinski definition) is 6. The van der Waals surface area contributed by atoms with E-state index in [1.165, 1.54) is 6.20 Å². The van der Waals surface area contributed by atoms with E-state index in [0.29, 0.717) is 24.6 Å². The van der Waals surface area contributed by atoms with Gasteiger partial charge in [0.15, 0.2) is 9.84 Å². The van der Waals surface area contributed by atoms with E-state index in [9.17, 15) is 13.2 Å². The number of amides is 1. The summed E-state index contributed by atoms with van der Waals surface area (Å²) in [5.74, 6) is 0.340. The third-order valence-electron chi connectivity index (χ3n) is 4.40. The van der Waals surface area contributed by atoms with Crippen LogP contribution in [0.5, 0.6) is 0 Å². The van der Waals surface area contributed by atoms with Crippen molar-refractivity contribution in [2.75, 3.05) is 28.3 Å². The molecule has 138 valence electrons. The van der Waals surface area contributed by atoms with Crippen LogP contribution in [0.1, 0.15) is 29.4 Å². The van der Waals surface area contributed by atoms with Crippen LogP contribution >= 0.6 is 0 Å². The Hall–Kier alpha value is -2.48. The van der Waals surface area contributed by atoms with Gasteiger partial charge in [0, 0.05) is 24.5 Å².